The number of tetrazole rings is 1. The van der Waals surface area contributed by atoms with E-state index in [1.807, 2.05) is 26.0 Å². The van der Waals surface area contributed by atoms with Crippen molar-refractivity contribution in [1.29, 1.82) is 0 Å². The summed E-state index contributed by atoms with van der Waals surface area (Å²) in [7, 11) is 1.59. The smallest absolute Gasteiger partial charge is 0.250 e. The van der Waals surface area contributed by atoms with Gasteiger partial charge in [0, 0.05) is 36.0 Å². The Morgan fingerprint density at radius 2 is 1.91 bits per heavy atom. The average molecular weight is 450 g/mol. The summed E-state index contributed by atoms with van der Waals surface area (Å²) in [6, 6.07) is 5.32. The molecule has 0 bridgehead atoms. The highest BCUT2D eigenvalue weighted by Crippen LogP contribution is 2.37. The van der Waals surface area contributed by atoms with Crippen LogP contribution in [-0.2, 0) is 6.42 Å². The van der Waals surface area contributed by atoms with Crippen LogP contribution in [0.5, 0.6) is 11.5 Å². The van der Waals surface area contributed by atoms with Gasteiger partial charge in [-0.05, 0) is 56.4 Å². The number of nitrogens with zero attached hydrogens (tertiary/aromatic N) is 4. The molecule has 3 aromatic heterocycles. The largest absolute Gasteiger partial charge is 0.493 e. The Labute approximate surface area is 190 Å². The van der Waals surface area contributed by atoms with Crippen LogP contribution in [0.25, 0.3) is 10.9 Å². The molecule has 0 unspecified atom stereocenters. The Balaban J connectivity index is 1.55. The average Bonchev–Trinajstić information content (AvgIpc) is 3.32. The SMILES string of the molecule is COc1ccc2c(Nc3c(C)cncc3C)cc(=O)[nH]c2c1OCCCCCc1nn[nH]n1. The zero-order valence-corrected chi connectivity index (χ0v) is 18.9. The van der Waals surface area contributed by atoms with Gasteiger partial charge in [0.05, 0.1) is 24.9 Å². The van der Waals surface area contributed by atoms with E-state index >= 15 is 0 Å². The second-order valence-corrected chi connectivity index (χ2v) is 7.83. The molecule has 0 atom stereocenters. The summed E-state index contributed by atoms with van der Waals surface area (Å²) in [5.41, 5.74) is 3.98. The predicted octanol–water partition coefficient (Wildman–Crippen LogP) is 3.60. The monoisotopic (exact) mass is 449 g/mol. The summed E-state index contributed by atoms with van der Waals surface area (Å²) in [4.78, 5) is 19.7. The first kappa shape index (κ1) is 22.3. The fraction of sp³-hybridized carbons (Fsp3) is 0.348. The number of hydrogen-bond acceptors (Lipinski definition) is 8. The molecule has 0 fully saturated rings. The van der Waals surface area contributed by atoms with Crippen molar-refractivity contribution in [2.45, 2.75) is 39.5 Å². The molecular weight excluding hydrogens is 422 g/mol. The Morgan fingerprint density at radius 3 is 2.64 bits per heavy atom. The lowest BCUT2D eigenvalue weighted by Crippen LogP contribution is -2.09. The van der Waals surface area contributed by atoms with Gasteiger partial charge in [-0.2, -0.15) is 5.21 Å². The molecule has 33 heavy (non-hydrogen) atoms. The molecule has 0 saturated heterocycles. The fourth-order valence-electron chi connectivity index (χ4n) is 3.75. The van der Waals surface area contributed by atoms with Crippen LogP contribution in [0.2, 0.25) is 0 Å². The number of aryl methyl sites for hydroxylation is 3. The third-order valence-corrected chi connectivity index (χ3v) is 5.42. The van der Waals surface area contributed by atoms with Gasteiger partial charge in [-0.3, -0.25) is 9.78 Å². The van der Waals surface area contributed by atoms with Gasteiger partial charge in [0.2, 0.25) is 0 Å². The lowest BCUT2D eigenvalue weighted by Gasteiger charge is -2.17. The van der Waals surface area contributed by atoms with Crippen LogP contribution in [0.1, 0.15) is 36.2 Å². The molecule has 10 nitrogen and oxygen atoms in total. The van der Waals surface area contributed by atoms with Gasteiger partial charge in [0.25, 0.3) is 5.56 Å². The number of anilines is 2. The van der Waals surface area contributed by atoms with Crippen LogP contribution in [-0.4, -0.2) is 44.3 Å². The number of unbranched alkanes of at least 4 members (excludes halogenated alkanes) is 2. The number of benzene rings is 1. The molecule has 0 aliphatic rings. The second-order valence-electron chi connectivity index (χ2n) is 7.83. The molecule has 0 aliphatic heterocycles. The first-order chi connectivity index (χ1) is 16.1. The Bertz CT molecular complexity index is 1270. The molecule has 0 spiro atoms. The minimum absolute atomic E-state index is 0.229. The minimum Gasteiger partial charge on any atom is -0.493 e. The van der Waals surface area contributed by atoms with E-state index in [0.717, 1.165) is 47.9 Å². The number of aromatic nitrogens is 6. The molecule has 4 aromatic rings. The van der Waals surface area contributed by atoms with E-state index in [1.54, 1.807) is 25.6 Å². The lowest BCUT2D eigenvalue weighted by atomic mass is 10.1. The molecule has 0 amide bonds. The van der Waals surface area contributed by atoms with Crippen LogP contribution in [0.4, 0.5) is 11.4 Å². The maximum absolute atomic E-state index is 12.5. The lowest BCUT2D eigenvalue weighted by molar-refractivity contribution is 0.288. The molecule has 4 rings (SSSR count). The number of fused-ring (bicyclic) bond motifs is 1. The first-order valence-electron chi connectivity index (χ1n) is 10.8. The normalized spacial score (nSPS) is 11.0. The van der Waals surface area contributed by atoms with Gasteiger partial charge in [0.1, 0.15) is 0 Å². The van der Waals surface area contributed by atoms with E-state index < -0.39 is 0 Å². The van der Waals surface area contributed by atoms with E-state index in [9.17, 15) is 4.79 Å². The van der Waals surface area contributed by atoms with Gasteiger partial charge >= 0.3 is 0 Å². The number of aromatic amines is 2. The van der Waals surface area contributed by atoms with Crippen molar-refractivity contribution in [3.05, 3.63) is 57.9 Å². The molecule has 172 valence electrons. The van der Waals surface area contributed by atoms with Crippen molar-refractivity contribution in [3.63, 3.8) is 0 Å². The molecule has 3 N–H and O–H groups in total. The first-order valence-corrected chi connectivity index (χ1v) is 10.8. The third-order valence-electron chi connectivity index (χ3n) is 5.42. The standard InChI is InChI=1S/C23H27N7O3/c1-14-12-24-13-15(2)21(14)25-17-11-20(31)26-22-16(17)8-9-18(32-3)23(22)33-10-6-4-5-7-19-27-29-30-28-19/h8-9,11-13H,4-7,10H2,1-3H3,(H2,24,25,26,31)(H,27,28,29,30). The molecule has 0 radical (unpaired) electrons. The zero-order chi connectivity index (χ0) is 23.2. The molecular formula is C23H27N7O3. The fourth-order valence-corrected chi connectivity index (χ4v) is 3.75. The van der Waals surface area contributed by atoms with Crippen molar-refractivity contribution >= 4 is 22.3 Å². The summed E-state index contributed by atoms with van der Waals surface area (Å²) in [6.07, 6.45) is 7.08. The number of nitrogens with one attached hydrogen (secondary N) is 3. The van der Waals surface area contributed by atoms with Crippen LogP contribution >= 0.6 is 0 Å². The third kappa shape index (κ3) is 5.11. The number of ether oxygens (including phenoxy) is 2. The Morgan fingerprint density at radius 1 is 1.09 bits per heavy atom. The molecule has 3 heterocycles. The van der Waals surface area contributed by atoms with E-state index in [-0.39, 0.29) is 5.56 Å². The van der Waals surface area contributed by atoms with Crippen molar-refractivity contribution in [2.24, 2.45) is 0 Å². The van der Waals surface area contributed by atoms with Crippen molar-refractivity contribution in [2.75, 3.05) is 19.0 Å². The van der Waals surface area contributed by atoms with Crippen molar-refractivity contribution < 1.29 is 9.47 Å². The van der Waals surface area contributed by atoms with Crippen LogP contribution in [0, 0.1) is 13.8 Å². The van der Waals surface area contributed by atoms with Gasteiger partial charge in [0.15, 0.2) is 17.3 Å². The number of rotatable bonds is 10. The summed E-state index contributed by atoms with van der Waals surface area (Å²) < 4.78 is 11.6. The highest BCUT2D eigenvalue weighted by Gasteiger charge is 2.15. The summed E-state index contributed by atoms with van der Waals surface area (Å²) >= 11 is 0. The zero-order valence-electron chi connectivity index (χ0n) is 18.9. The Hall–Kier alpha value is -3.95. The molecule has 10 heteroatoms. The topological polar surface area (TPSA) is 131 Å². The number of methoxy groups -OCH3 is 1. The van der Waals surface area contributed by atoms with Gasteiger partial charge in [-0.1, -0.05) is 5.21 Å². The van der Waals surface area contributed by atoms with Gasteiger partial charge < -0.3 is 19.8 Å². The summed E-state index contributed by atoms with van der Waals surface area (Å²) in [6.45, 7) is 4.45. The van der Waals surface area contributed by atoms with E-state index in [0.29, 0.717) is 35.1 Å². The number of H-pyrrole nitrogens is 2. The van der Waals surface area contributed by atoms with Crippen LogP contribution in [0.15, 0.2) is 35.4 Å². The van der Waals surface area contributed by atoms with E-state index in [1.165, 1.54) is 0 Å². The van der Waals surface area contributed by atoms with Crippen molar-refractivity contribution in [3.8, 4) is 11.5 Å². The molecule has 0 aliphatic carbocycles. The van der Waals surface area contributed by atoms with E-state index in [4.69, 9.17) is 9.47 Å². The second kappa shape index (κ2) is 10.1. The van der Waals surface area contributed by atoms with Crippen molar-refractivity contribution in [1.82, 2.24) is 30.6 Å². The summed E-state index contributed by atoms with van der Waals surface area (Å²) in [5, 5.41) is 18.2. The molecule has 0 saturated carbocycles. The van der Waals surface area contributed by atoms with Gasteiger partial charge in [-0.15, -0.1) is 10.2 Å². The highest BCUT2D eigenvalue weighted by atomic mass is 16.5. The number of pyridine rings is 2. The van der Waals surface area contributed by atoms with Gasteiger partial charge in [-0.25, -0.2) is 0 Å². The van der Waals surface area contributed by atoms with Crippen LogP contribution < -0.4 is 20.3 Å². The summed E-state index contributed by atoms with van der Waals surface area (Å²) in [5.74, 6) is 1.80. The predicted molar refractivity (Wildman–Crippen MR) is 125 cm³/mol. The molecule has 1 aromatic carbocycles. The maximum Gasteiger partial charge on any atom is 0.250 e. The number of hydrogen-bond donors (Lipinski definition) is 3. The highest BCUT2D eigenvalue weighted by molar-refractivity contribution is 5.97. The minimum atomic E-state index is -0.229. The maximum atomic E-state index is 12.5. The quantitative estimate of drug-likeness (QED) is 0.313. The Kier molecular flexibility index (Phi) is 6.82. The van der Waals surface area contributed by atoms with Crippen LogP contribution in [0.3, 0.4) is 0 Å². The van der Waals surface area contributed by atoms with E-state index in [2.05, 4.69) is 35.9 Å².